The summed E-state index contributed by atoms with van der Waals surface area (Å²) in [5.41, 5.74) is 5.45. The van der Waals surface area contributed by atoms with E-state index in [0.29, 0.717) is 5.75 Å². The topological polar surface area (TPSA) is 78.4 Å². The lowest BCUT2D eigenvalue weighted by Gasteiger charge is -2.09. The highest BCUT2D eigenvalue weighted by atomic mass is 16.6. The Kier molecular flexibility index (Phi) is 3.19. The van der Waals surface area contributed by atoms with Gasteiger partial charge in [0.2, 0.25) is 0 Å². The lowest BCUT2D eigenvalue weighted by atomic mass is 10.3. The molecule has 5 heteroatoms. The number of nitro benzene ring substituents is 1. The fraction of sp³-hybridized carbons (Fsp3) is 0.111. The molecule has 0 aliphatic carbocycles. The Balaban J connectivity index is 2.73. The van der Waals surface area contributed by atoms with Crippen LogP contribution in [0.5, 0.6) is 5.75 Å². The van der Waals surface area contributed by atoms with Crippen molar-refractivity contribution in [3.05, 3.63) is 47.0 Å². The average molecular weight is 194 g/mol. The fourth-order valence-corrected chi connectivity index (χ4v) is 0.852. The number of hydrogen-bond acceptors (Lipinski definition) is 4. The number of nitrogens with two attached hydrogens (primary N) is 1. The van der Waals surface area contributed by atoms with Crippen molar-refractivity contribution >= 4 is 5.69 Å². The molecule has 1 unspecified atom stereocenters. The van der Waals surface area contributed by atoms with E-state index < -0.39 is 11.2 Å². The van der Waals surface area contributed by atoms with Crippen molar-refractivity contribution < 1.29 is 9.66 Å². The van der Waals surface area contributed by atoms with Crippen molar-refractivity contribution in [2.24, 2.45) is 5.73 Å². The summed E-state index contributed by atoms with van der Waals surface area (Å²) >= 11 is 0. The second-order valence-electron chi connectivity index (χ2n) is 2.57. The predicted octanol–water partition coefficient (Wildman–Crippen LogP) is 1.44. The number of non-ortho nitro benzene ring substituents is 1. The highest BCUT2D eigenvalue weighted by molar-refractivity contribution is 5.36. The molecule has 0 aliphatic rings. The van der Waals surface area contributed by atoms with Gasteiger partial charge in [-0.2, -0.15) is 0 Å². The predicted molar refractivity (Wildman–Crippen MR) is 51.9 cm³/mol. The Morgan fingerprint density at radius 3 is 2.50 bits per heavy atom. The van der Waals surface area contributed by atoms with Crippen molar-refractivity contribution in [2.45, 2.75) is 6.23 Å². The minimum atomic E-state index is -0.601. The van der Waals surface area contributed by atoms with Crippen LogP contribution in [0.25, 0.3) is 0 Å². The summed E-state index contributed by atoms with van der Waals surface area (Å²) in [6, 6.07) is 5.68. The summed E-state index contributed by atoms with van der Waals surface area (Å²) < 4.78 is 5.14. The molecule has 2 N–H and O–H groups in total. The molecule has 0 saturated carbocycles. The molecule has 0 radical (unpaired) electrons. The van der Waals surface area contributed by atoms with Gasteiger partial charge in [-0.15, -0.1) is 0 Å². The minimum absolute atomic E-state index is 0.0181. The third-order valence-electron chi connectivity index (χ3n) is 1.55. The molecular weight excluding hydrogens is 184 g/mol. The molecule has 0 fully saturated rings. The van der Waals surface area contributed by atoms with E-state index in [2.05, 4.69) is 6.58 Å². The Bertz CT molecular complexity index is 334. The molecule has 74 valence electrons. The maximum Gasteiger partial charge on any atom is 0.269 e. The zero-order valence-corrected chi connectivity index (χ0v) is 7.42. The van der Waals surface area contributed by atoms with Crippen LogP contribution in [0.15, 0.2) is 36.9 Å². The fourth-order valence-electron chi connectivity index (χ4n) is 0.852. The van der Waals surface area contributed by atoms with Crippen LogP contribution in [0, 0.1) is 10.1 Å². The van der Waals surface area contributed by atoms with Crippen LogP contribution >= 0.6 is 0 Å². The Labute approximate surface area is 80.9 Å². The van der Waals surface area contributed by atoms with Crippen LogP contribution in [-0.4, -0.2) is 11.2 Å². The lowest BCUT2D eigenvalue weighted by molar-refractivity contribution is -0.384. The van der Waals surface area contributed by atoms with Crippen molar-refractivity contribution in [3.63, 3.8) is 0 Å². The third kappa shape index (κ3) is 2.56. The normalized spacial score (nSPS) is 11.8. The largest absolute Gasteiger partial charge is 0.472 e. The first kappa shape index (κ1) is 10.2. The second kappa shape index (κ2) is 4.38. The molecule has 1 aromatic rings. The molecule has 1 aromatic carbocycles. The minimum Gasteiger partial charge on any atom is -0.472 e. The number of hydrogen-bond donors (Lipinski definition) is 1. The zero-order valence-electron chi connectivity index (χ0n) is 7.42. The SMILES string of the molecule is C=CC(N)Oc1ccc([N+](=O)[O-])cc1. The summed E-state index contributed by atoms with van der Waals surface area (Å²) in [4.78, 5) is 9.84. The molecule has 0 heterocycles. The maximum atomic E-state index is 10.3. The molecule has 0 bridgehead atoms. The number of nitrogens with zero attached hydrogens (tertiary/aromatic N) is 1. The monoisotopic (exact) mass is 194 g/mol. The van der Waals surface area contributed by atoms with Crippen LogP contribution in [0.4, 0.5) is 5.69 Å². The maximum absolute atomic E-state index is 10.3. The first-order valence-corrected chi connectivity index (χ1v) is 3.92. The van der Waals surface area contributed by atoms with Gasteiger partial charge in [-0.3, -0.25) is 15.8 Å². The van der Waals surface area contributed by atoms with Gasteiger partial charge in [0, 0.05) is 12.1 Å². The van der Waals surface area contributed by atoms with Crippen molar-refractivity contribution in [1.29, 1.82) is 0 Å². The summed E-state index contributed by atoms with van der Waals surface area (Å²) in [6.45, 7) is 3.44. The van der Waals surface area contributed by atoms with Gasteiger partial charge < -0.3 is 4.74 Å². The molecule has 5 nitrogen and oxygen atoms in total. The number of rotatable bonds is 4. The van der Waals surface area contributed by atoms with Gasteiger partial charge in [0.25, 0.3) is 5.69 Å². The van der Waals surface area contributed by atoms with E-state index in [1.807, 2.05) is 0 Å². The molecule has 0 amide bonds. The number of benzene rings is 1. The van der Waals surface area contributed by atoms with E-state index in [1.165, 1.54) is 30.3 Å². The van der Waals surface area contributed by atoms with Gasteiger partial charge >= 0.3 is 0 Å². The van der Waals surface area contributed by atoms with Crippen LogP contribution in [0.1, 0.15) is 0 Å². The molecule has 1 atom stereocenters. The molecule has 14 heavy (non-hydrogen) atoms. The molecule has 1 rings (SSSR count). The standard InChI is InChI=1S/C9H10N2O3/c1-2-9(10)14-8-5-3-7(4-6-8)11(12)13/h2-6,9H,1,10H2. The summed E-state index contributed by atoms with van der Waals surface area (Å²) in [6.07, 6.45) is 0.831. The summed E-state index contributed by atoms with van der Waals surface area (Å²) in [5, 5.41) is 10.3. The lowest BCUT2D eigenvalue weighted by Crippen LogP contribution is -2.23. The quantitative estimate of drug-likeness (QED) is 0.340. The van der Waals surface area contributed by atoms with Crippen molar-refractivity contribution in [1.82, 2.24) is 0 Å². The molecular formula is C9H10N2O3. The van der Waals surface area contributed by atoms with Gasteiger partial charge in [-0.1, -0.05) is 6.58 Å². The van der Waals surface area contributed by atoms with Gasteiger partial charge in [-0.05, 0) is 18.2 Å². The van der Waals surface area contributed by atoms with Gasteiger partial charge in [0.05, 0.1) is 4.92 Å². The second-order valence-corrected chi connectivity index (χ2v) is 2.57. The third-order valence-corrected chi connectivity index (χ3v) is 1.55. The van der Waals surface area contributed by atoms with Crippen LogP contribution in [0.2, 0.25) is 0 Å². The van der Waals surface area contributed by atoms with Gasteiger partial charge in [-0.25, -0.2) is 0 Å². The first-order valence-electron chi connectivity index (χ1n) is 3.92. The molecule has 0 aromatic heterocycles. The number of ether oxygens (including phenoxy) is 1. The molecule has 0 aliphatic heterocycles. The van der Waals surface area contributed by atoms with E-state index >= 15 is 0 Å². The van der Waals surface area contributed by atoms with E-state index in [-0.39, 0.29) is 5.69 Å². The first-order chi connectivity index (χ1) is 6.63. The van der Waals surface area contributed by atoms with Crippen molar-refractivity contribution in [3.8, 4) is 5.75 Å². The Morgan fingerprint density at radius 2 is 2.07 bits per heavy atom. The smallest absolute Gasteiger partial charge is 0.269 e. The van der Waals surface area contributed by atoms with E-state index in [1.54, 1.807) is 0 Å². The average Bonchev–Trinajstić information content (AvgIpc) is 2.18. The van der Waals surface area contributed by atoms with Crippen LogP contribution < -0.4 is 10.5 Å². The summed E-state index contributed by atoms with van der Waals surface area (Å²) in [7, 11) is 0. The highest BCUT2D eigenvalue weighted by Gasteiger charge is 2.05. The van der Waals surface area contributed by atoms with E-state index in [4.69, 9.17) is 10.5 Å². The van der Waals surface area contributed by atoms with Gasteiger partial charge in [0.15, 0.2) is 6.23 Å². The van der Waals surface area contributed by atoms with Crippen LogP contribution in [0.3, 0.4) is 0 Å². The van der Waals surface area contributed by atoms with E-state index in [9.17, 15) is 10.1 Å². The molecule has 0 spiro atoms. The highest BCUT2D eigenvalue weighted by Crippen LogP contribution is 2.17. The van der Waals surface area contributed by atoms with Crippen LogP contribution in [-0.2, 0) is 0 Å². The van der Waals surface area contributed by atoms with E-state index in [0.717, 1.165) is 0 Å². The Morgan fingerprint density at radius 1 is 1.50 bits per heavy atom. The Hall–Kier alpha value is -1.88. The summed E-state index contributed by atoms with van der Waals surface area (Å²) in [5.74, 6) is 0.475. The zero-order chi connectivity index (χ0) is 10.6. The van der Waals surface area contributed by atoms with Gasteiger partial charge in [0.1, 0.15) is 5.75 Å². The molecule has 0 saturated heterocycles. The van der Waals surface area contributed by atoms with Crippen molar-refractivity contribution in [2.75, 3.05) is 0 Å². The number of nitro groups is 1.